The van der Waals surface area contributed by atoms with Crippen LogP contribution in [-0.2, 0) is 22.6 Å². The Kier molecular flexibility index (Phi) is 5.06. The maximum Gasteiger partial charge on any atom is 0.0992 e. The Bertz CT molecular complexity index is 694. The first-order valence-electron chi connectivity index (χ1n) is 9.08. The molecular formula is C20H25N3O2. The Balaban J connectivity index is 1.38. The van der Waals surface area contributed by atoms with Crippen molar-refractivity contribution in [3.05, 3.63) is 59.7 Å². The van der Waals surface area contributed by atoms with Crippen LogP contribution in [0.4, 0.5) is 0 Å². The Hall–Kier alpha value is -1.82. The Morgan fingerprint density at radius 1 is 1.20 bits per heavy atom. The van der Waals surface area contributed by atoms with Crippen LogP contribution in [0.2, 0.25) is 0 Å². The average molecular weight is 339 g/mol. The first kappa shape index (κ1) is 16.6. The molecule has 5 nitrogen and oxygen atoms in total. The van der Waals surface area contributed by atoms with Crippen molar-refractivity contribution < 1.29 is 9.47 Å². The lowest BCUT2D eigenvalue weighted by Gasteiger charge is -2.38. The summed E-state index contributed by atoms with van der Waals surface area (Å²) in [6, 6.07) is 10.7. The normalized spacial score (nSPS) is 26.5. The van der Waals surface area contributed by atoms with Crippen LogP contribution in [-0.4, -0.2) is 46.3 Å². The van der Waals surface area contributed by atoms with Crippen molar-refractivity contribution in [1.82, 2.24) is 14.9 Å². The predicted octanol–water partition coefficient (Wildman–Crippen LogP) is 2.73. The number of hydrogen-bond donors (Lipinski definition) is 0. The van der Waals surface area contributed by atoms with Crippen LogP contribution in [0.5, 0.6) is 0 Å². The molecule has 1 saturated carbocycles. The molecule has 3 heterocycles. The number of aryl methyl sites for hydroxylation is 1. The van der Waals surface area contributed by atoms with Gasteiger partial charge in [-0.05, 0) is 49.6 Å². The van der Waals surface area contributed by atoms with E-state index in [1.54, 1.807) is 0 Å². The van der Waals surface area contributed by atoms with E-state index >= 15 is 0 Å². The smallest absolute Gasteiger partial charge is 0.0992 e. The second-order valence-electron chi connectivity index (χ2n) is 6.93. The average Bonchev–Trinajstić information content (AvgIpc) is 3.05. The molecule has 0 unspecified atom stereocenters. The number of morpholine rings is 1. The Labute approximate surface area is 149 Å². The highest BCUT2D eigenvalue weighted by molar-refractivity contribution is 5.11. The van der Waals surface area contributed by atoms with Gasteiger partial charge in [0, 0.05) is 37.2 Å². The molecule has 1 aliphatic carbocycles. The number of fused-ring (bicyclic) bond motifs is 1. The van der Waals surface area contributed by atoms with Crippen LogP contribution in [0.1, 0.15) is 29.8 Å². The third-order valence-electron chi connectivity index (χ3n) is 5.17. The summed E-state index contributed by atoms with van der Waals surface area (Å²) in [6.07, 6.45) is 6.13. The second-order valence-corrected chi connectivity index (χ2v) is 6.93. The molecule has 132 valence electrons. The van der Waals surface area contributed by atoms with Gasteiger partial charge in [0.2, 0.25) is 0 Å². The highest BCUT2D eigenvalue weighted by Crippen LogP contribution is 2.33. The van der Waals surface area contributed by atoms with Crippen molar-refractivity contribution in [2.24, 2.45) is 0 Å². The molecule has 0 spiro atoms. The molecular weight excluding hydrogens is 314 g/mol. The summed E-state index contributed by atoms with van der Waals surface area (Å²) in [6.45, 7) is 5.29. The molecule has 0 amide bonds. The monoisotopic (exact) mass is 339 g/mol. The van der Waals surface area contributed by atoms with E-state index < -0.39 is 0 Å². The topological polar surface area (TPSA) is 47.5 Å². The molecule has 1 saturated heterocycles. The van der Waals surface area contributed by atoms with Crippen molar-refractivity contribution in [3.8, 4) is 0 Å². The van der Waals surface area contributed by atoms with E-state index in [0.717, 1.165) is 49.5 Å². The lowest BCUT2D eigenvalue weighted by molar-refractivity contribution is -0.118. The van der Waals surface area contributed by atoms with Crippen molar-refractivity contribution in [2.75, 3.05) is 13.2 Å². The largest absolute Gasteiger partial charge is 0.373 e. The molecule has 0 radical (unpaired) electrons. The fourth-order valence-electron chi connectivity index (χ4n) is 3.94. The zero-order valence-corrected chi connectivity index (χ0v) is 14.7. The number of pyridine rings is 2. The molecule has 2 aromatic rings. The Morgan fingerprint density at radius 3 is 2.92 bits per heavy atom. The van der Waals surface area contributed by atoms with Gasteiger partial charge in [-0.2, -0.15) is 0 Å². The highest BCUT2D eigenvalue weighted by atomic mass is 16.5. The summed E-state index contributed by atoms with van der Waals surface area (Å²) < 4.78 is 12.3. The fourth-order valence-corrected chi connectivity index (χ4v) is 3.94. The first-order valence-corrected chi connectivity index (χ1v) is 9.08. The molecule has 1 aliphatic heterocycles. The minimum atomic E-state index is 0.167. The zero-order valence-electron chi connectivity index (χ0n) is 14.7. The van der Waals surface area contributed by atoms with E-state index in [2.05, 4.69) is 27.0 Å². The van der Waals surface area contributed by atoms with Crippen molar-refractivity contribution in [2.45, 2.75) is 51.2 Å². The van der Waals surface area contributed by atoms with Gasteiger partial charge in [-0.25, -0.2) is 0 Å². The minimum Gasteiger partial charge on any atom is -0.373 e. The van der Waals surface area contributed by atoms with E-state index in [1.807, 2.05) is 37.5 Å². The summed E-state index contributed by atoms with van der Waals surface area (Å²) in [5.74, 6) is 0. The number of ether oxygens (including phenoxy) is 2. The number of aromatic nitrogens is 2. The van der Waals surface area contributed by atoms with Crippen molar-refractivity contribution in [3.63, 3.8) is 0 Å². The van der Waals surface area contributed by atoms with Gasteiger partial charge in [0.05, 0.1) is 31.1 Å². The maximum absolute atomic E-state index is 6.18. The van der Waals surface area contributed by atoms with E-state index in [4.69, 9.17) is 9.47 Å². The molecule has 4 rings (SSSR count). The van der Waals surface area contributed by atoms with Crippen LogP contribution in [0, 0.1) is 6.92 Å². The number of nitrogens with zero attached hydrogens (tertiary/aromatic N) is 3. The van der Waals surface area contributed by atoms with E-state index in [9.17, 15) is 0 Å². The van der Waals surface area contributed by atoms with Gasteiger partial charge in [0.25, 0.3) is 0 Å². The van der Waals surface area contributed by atoms with Gasteiger partial charge in [-0.15, -0.1) is 0 Å². The van der Waals surface area contributed by atoms with Gasteiger partial charge < -0.3 is 9.47 Å². The molecule has 2 fully saturated rings. The SMILES string of the molecule is Cc1cccc(CN2CCO[C@H]3[C@@H](OCc4ccncc4)CC[C@@H]32)n1. The minimum absolute atomic E-state index is 0.167. The second kappa shape index (κ2) is 7.60. The van der Waals surface area contributed by atoms with Crippen LogP contribution in [0.25, 0.3) is 0 Å². The van der Waals surface area contributed by atoms with Gasteiger partial charge in [-0.1, -0.05) is 6.07 Å². The van der Waals surface area contributed by atoms with E-state index in [0.29, 0.717) is 12.6 Å². The van der Waals surface area contributed by atoms with Crippen LogP contribution < -0.4 is 0 Å². The third-order valence-corrected chi connectivity index (χ3v) is 5.17. The molecule has 2 aliphatic rings. The Morgan fingerprint density at radius 2 is 2.08 bits per heavy atom. The van der Waals surface area contributed by atoms with Crippen molar-refractivity contribution >= 4 is 0 Å². The van der Waals surface area contributed by atoms with Gasteiger partial charge in [0.1, 0.15) is 0 Å². The van der Waals surface area contributed by atoms with Crippen LogP contribution in [0.15, 0.2) is 42.7 Å². The standard InChI is InChI=1S/C20H25N3O2/c1-15-3-2-4-17(22-15)13-23-11-12-24-20-18(23)5-6-19(20)25-14-16-7-9-21-10-8-16/h2-4,7-10,18-20H,5-6,11-14H2,1H3/t18-,19-,20+/m0/s1. The lowest BCUT2D eigenvalue weighted by Crippen LogP contribution is -2.51. The van der Waals surface area contributed by atoms with Gasteiger partial charge in [0.15, 0.2) is 0 Å². The molecule has 2 aromatic heterocycles. The summed E-state index contributed by atoms with van der Waals surface area (Å²) in [4.78, 5) is 11.2. The van der Waals surface area contributed by atoms with Crippen molar-refractivity contribution in [1.29, 1.82) is 0 Å². The van der Waals surface area contributed by atoms with E-state index in [-0.39, 0.29) is 12.2 Å². The molecule has 0 N–H and O–H groups in total. The molecule has 3 atom stereocenters. The quantitative estimate of drug-likeness (QED) is 0.838. The lowest BCUT2D eigenvalue weighted by atomic mass is 10.1. The van der Waals surface area contributed by atoms with Gasteiger partial charge >= 0.3 is 0 Å². The predicted molar refractivity (Wildman–Crippen MR) is 95.0 cm³/mol. The summed E-state index contributed by atoms with van der Waals surface area (Å²) >= 11 is 0. The summed E-state index contributed by atoms with van der Waals surface area (Å²) in [5.41, 5.74) is 3.38. The first-order chi connectivity index (χ1) is 12.3. The zero-order chi connectivity index (χ0) is 17.1. The van der Waals surface area contributed by atoms with Crippen LogP contribution >= 0.6 is 0 Å². The fraction of sp³-hybridized carbons (Fsp3) is 0.500. The third kappa shape index (κ3) is 3.89. The van der Waals surface area contributed by atoms with Crippen LogP contribution in [0.3, 0.4) is 0 Å². The van der Waals surface area contributed by atoms with E-state index in [1.165, 1.54) is 0 Å². The maximum atomic E-state index is 6.18. The summed E-state index contributed by atoms with van der Waals surface area (Å²) in [5, 5.41) is 0. The summed E-state index contributed by atoms with van der Waals surface area (Å²) in [7, 11) is 0. The molecule has 0 bridgehead atoms. The molecule has 25 heavy (non-hydrogen) atoms. The highest BCUT2D eigenvalue weighted by Gasteiger charge is 2.43. The van der Waals surface area contributed by atoms with Gasteiger partial charge in [-0.3, -0.25) is 14.9 Å². The molecule has 5 heteroatoms. The number of rotatable bonds is 5. The molecule has 0 aromatic carbocycles. The number of hydrogen-bond acceptors (Lipinski definition) is 5.